The Bertz CT molecular complexity index is 917. The fraction of sp³-hybridized carbons (Fsp3) is 0.250. The van der Waals surface area contributed by atoms with Crippen LogP contribution in [0.15, 0.2) is 103 Å². The number of benzene rings is 3. The molecule has 4 heteroatoms. The molecule has 2 atom stereocenters. The molecule has 0 amide bonds. The van der Waals surface area contributed by atoms with E-state index in [1.165, 1.54) is 23.6 Å². The van der Waals surface area contributed by atoms with E-state index in [0.29, 0.717) is 6.42 Å². The highest BCUT2D eigenvalue weighted by Gasteiger charge is 2.39. The van der Waals surface area contributed by atoms with Gasteiger partial charge in [0.25, 0.3) is 0 Å². The molecule has 2 unspecified atom stereocenters. The first-order valence-corrected chi connectivity index (χ1v) is 13.8. The second kappa shape index (κ2) is 10.6. The standard InChI is InChI=1S/C28H30O3Si/c1-23(29)30-27-17-18-28(19-27)31-32(20-24-11-5-2-6-12-24,21-25-13-7-3-8-14-25)22-26-15-9-4-10-16-26/h2-18,27-28H,19-22H2,1H3. The molecular formula is C28H30O3Si. The van der Waals surface area contributed by atoms with Gasteiger partial charge in [0, 0.05) is 13.3 Å². The summed E-state index contributed by atoms with van der Waals surface area (Å²) in [5.74, 6) is -0.248. The molecule has 0 fully saturated rings. The number of ether oxygens (including phenoxy) is 1. The van der Waals surface area contributed by atoms with E-state index in [0.717, 1.165) is 18.1 Å². The number of hydrogen-bond donors (Lipinski definition) is 0. The summed E-state index contributed by atoms with van der Waals surface area (Å²) in [6.45, 7) is 1.46. The third-order valence-electron chi connectivity index (χ3n) is 5.83. The molecule has 3 nitrogen and oxygen atoms in total. The minimum absolute atomic E-state index is 0.0397. The van der Waals surface area contributed by atoms with Crippen molar-refractivity contribution in [3.8, 4) is 0 Å². The molecule has 0 aromatic heterocycles. The fourth-order valence-electron chi connectivity index (χ4n) is 4.56. The molecule has 0 N–H and O–H groups in total. The summed E-state index contributed by atoms with van der Waals surface area (Å²) in [7, 11) is -2.34. The summed E-state index contributed by atoms with van der Waals surface area (Å²) in [4.78, 5) is 11.4. The van der Waals surface area contributed by atoms with E-state index in [1.54, 1.807) is 0 Å². The Hall–Kier alpha value is -2.95. The van der Waals surface area contributed by atoms with Crippen LogP contribution in [0.3, 0.4) is 0 Å². The van der Waals surface area contributed by atoms with Gasteiger partial charge < -0.3 is 9.16 Å². The van der Waals surface area contributed by atoms with E-state index in [9.17, 15) is 4.79 Å². The first-order valence-electron chi connectivity index (χ1n) is 11.3. The predicted octanol–water partition coefficient (Wildman–Crippen LogP) is 5.55. The summed E-state index contributed by atoms with van der Waals surface area (Å²) in [5.41, 5.74) is 3.93. The highest BCUT2D eigenvalue weighted by molar-refractivity contribution is 6.72. The van der Waals surface area contributed by atoms with Crippen molar-refractivity contribution in [2.24, 2.45) is 0 Å². The zero-order valence-electron chi connectivity index (χ0n) is 18.5. The molecule has 1 aliphatic carbocycles. The summed E-state index contributed by atoms with van der Waals surface area (Å²) in [5, 5.41) is 0. The first kappa shape index (κ1) is 22.2. The molecular weight excluding hydrogens is 412 g/mol. The van der Waals surface area contributed by atoms with Crippen molar-refractivity contribution in [2.45, 2.75) is 43.7 Å². The van der Waals surface area contributed by atoms with Crippen molar-refractivity contribution in [1.82, 2.24) is 0 Å². The van der Waals surface area contributed by atoms with Crippen LogP contribution in [0.2, 0.25) is 0 Å². The van der Waals surface area contributed by atoms with Gasteiger partial charge in [-0.2, -0.15) is 0 Å². The smallest absolute Gasteiger partial charge is 0.303 e. The number of carbonyl (C=O) groups is 1. The van der Waals surface area contributed by atoms with Crippen LogP contribution in [0, 0.1) is 0 Å². The Kier molecular flexibility index (Phi) is 7.35. The molecule has 164 valence electrons. The van der Waals surface area contributed by atoms with E-state index < -0.39 is 8.32 Å². The third-order valence-corrected chi connectivity index (χ3v) is 9.79. The van der Waals surface area contributed by atoms with E-state index >= 15 is 0 Å². The normalized spacial score (nSPS) is 17.9. The van der Waals surface area contributed by atoms with Crippen molar-refractivity contribution >= 4 is 14.3 Å². The van der Waals surface area contributed by atoms with Crippen LogP contribution < -0.4 is 0 Å². The van der Waals surface area contributed by atoms with Crippen LogP contribution in [0.4, 0.5) is 0 Å². The summed E-state index contributed by atoms with van der Waals surface area (Å²) in [6, 6.07) is 34.8. The maximum Gasteiger partial charge on any atom is 0.303 e. The van der Waals surface area contributed by atoms with Crippen molar-refractivity contribution in [2.75, 3.05) is 0 Å². The van der Waals surface area contributed by atoms with Gasteiger partial charge >= 0.3 is 5.97 Å². The molecule has 0 radical (unpaired) electrons. The van der Waals surface area contributed by atoms with Gasteiger partial charge in [-0.05, 0) is 40.9 Å². The van der Waals surface area contributed by atoms with Gasteiger partial charge in [0.2, 0.25) is 8.32 Å². The Morgan fingerprint density at radius 1 is 0.719 bits per heavy atom. The van der Waals surface area contributed by atoms with Crippen molar-refractivity contribution in [1.29, 1.82) is 0 Å². The van der Waals surface area contributed by atoms with Crippen LogP contribution in [0.1, 0.15) is 30.0 Å². The average molecular weight is 443 g/mol. The van der Waals surface area contributed by atoms with Gasteiger partial charge in [0.05, 0.1) is 6.10 Å². The lowest BCUT2D eigenvalue weighted by atomic mass is 10.2. The largest absolute Gasteiger partial charge is 0.458 e. The maximum atomic E-state index is 11.4. The minimum Gasteiger partial charge on any atom is -0.458 e. The van der Waals surface area contributed by atoms with Gasteiger partial charge in [-0.3, -0.25) is 4.79 Å². The second-order valence-electron chi connectivity index (χ2n) is 8.59. The van der Waals surface area contributed by atoms with Crippen molar-refractivity contribution in [3.63, 3.8) is 0 Å². The van der Waals surface area contributed by atoms with Gasteiger partial charge in [0.15, 0.2) is 0 Å². The number of hydrogen-bond acceptors (Lipinski definition) is 3. The molecule has 0 saturated heterocycles. The predicted molar refractivity (Wildman–Crippen MR) is 130 cm³/mol. The van der Waals surface area contributed by atoms with Crippen LogP contribution >= 0.6 is 0 Å². The molecule has 4 rings (SSSR count). The summed E-state index contributed by atoms with van der Waals surface area (Å²) >= 11 is 0. The average Bonchev–Trinajstić information content (AvgIpc) is 3.21. The second-order valence-corrected chi connectivity index (χ2v) is 12.3. The first-order chi connectivity index (χ1) is 15.6. The Balaban J connectivity index is 1.66. The minimum atomic E-state index is -2.34. The highest BCUT2D eigenvalue weighted by atomic mass is 28.4. The Morgan fingerprint density at radius 2 is 1.12 bits per heavy atom. The van der Waals surface area contributed by atoms with Crippen molar-refractivity contribution < 1.29 is 14.0 Å². The van der Waals surface area contributed by atoms with Gasteiger partial charge in [0.1, 0.15) is 6.10 Å². The van der Waals surface area contributed by atoms with Gasteiger partial charge in [-0.15, -0.1) is 0 Å². The lowest BCUT2D eigenvalue weighted by Gasteiger charge is -2.35. The molecule has 0 bridgehead atoms. The Morgan fingerprint density at radius 3 is 1.53 bits per heavy atom. The van der Waals surface area contributed by atoms with E-state index in [-0.39, 0.29) is 18.2 Å². The molecule has 0 aliphatic heterocycles. The molecule has 0 spiro atoms. The maximum absolute atomic E-state index is 11.4. The number of rotatable bonds is 9. The zero-order chi connectivity index (χ0) is 22.2. The topological polar surface area (TPSA) is 35.5 Å². The quantitative estimate of drug-likeness (QED) is 0.247. The van der Waals surface area contributed by atoms with E-state index in [2.05, 4.69) is 97.1 Å². The van der Waals surface area contributed by atoms with Gasteiger partial charge in [-0.1, -0.05) is 97.1 Å². The summed E-state index contributed by atoms with van der Waals surface area (Å²) in [6.07, 6.45) is 4.50. The molecule has 3 aromatic carbocycles. The molecule has 0 saturated carbocycles. The lowest BCUT2D eigenvalue weighted by Crippen LogP contribution is -2.49. The van der Waals surface area contributed by atoms with Crippen LogP contribution in [0.5, 0.6) is 0 Å². The lowest BCUT2D eigenvalue weighted by molar-refractivity contribution is -0.144. The van der Waals surface area contributed by atoms with Crippen LogP contribution in [-0.4, -0.2) is 26.5 Å². The van der Waals surface area contributed by atoms with Gasteiger partial charge in [-0.25, -0.2) is 0 Å². The summed E-state index contributed by atoms with van der Waals surface area (Å²) < 4.78 is 12.5. The molecule has 0 heterocycles. The fourth-order valence-corrected chi connectivity index (χ4v) is 8.94. The molecule has 32 heavy (non-hydrogen) atoms. The Labute approximate surface area is 191 Å². The third kappa shape index (κ3) is 6.28. The highest BCUT2D eigenvalue weighted by Crippen LogP contribution is 2.29. The van der Waals surface area contributed by atoms with Crippen LogP contribution in [-0.2, 0) is 32.1 Å². The van der Waals surface area contributed by atoms with Crippen molar-refractivity contribution in [3.05, 3.63) is 120 Å². The number of carbonyl (C=O) groups excluding carboxylic acids is 1. The van der Waals surface area contributed by atoms with Crippen LogP contribution in [0.25, 0.3) is 0 Å². The molecule has 3 aromatic rings. The zero-order valence-corrected chi connectivity index (χ0v) is 19.5. The monoisotopic (exact) mass is 442 g/mol. The SMILES string of the molecule is CC(=O)OC1C=CC(O[Si](Cc2ccccc2)(Cc2ccccc2)Cc2ccccc2)C1. The van der Waals surface area contributed by atoms with E-state index in [4.69, 9.17) is 9.16 Å². The number of esters is 1. The molecule has 1 aliphatic rings. The van der Waals surface area contributed by atoms with E-state index in [1.807, 2.05) is 6.08 Å².